The molecule has 4 nitrogen and oxygen atoms in total. The normalized spacial score (nSPS) is 10.8. The Morgan fingerprint density at radius 2 is 2.28 bits per heavy atom. The van der Waals surface area contributed by atoms with Gasteiger partial charge in [-0.1, -0.05) is 0 Å². The number of halogens is 1. The average Bonchev–Trinajstić information content (AvgIpc) is 2.75. The minimum atomic E-state index is -0.336. The summed E-state index contributed by atoms with van der Waals surface area (Å²) in [4.78, 5) is 0. The second-order valence-corrected chi connectivity index (χ2v) is 4.22. The molecule has 0 radical (unpaired) electrons. The Balaban J connectivity index is 1.80. The van der Waals surface area contributed by atoms with E-state index in [0.29, 0.717) is 12.1 Å². The van der Waals surface area contributed by atoms with Crippen LogP contribution in [0.15, 0.2) is 30.6 Å². The highest BCUT2D eigenvalue weighted by Crippen LogP contribution is 2.17. The molecule has 2 aromatic rings. The van der Waals surface area contributed by atoms with Crippen molar-refractivity contribution in [2.24, 2.45) is 7.05 Å². The maximum absolute atomic E-state index is 13.0. The van der Waals surface area contributed by atoms with Crippen molar-refractivity contribution < 1.29 is 9.50 Å². The van der Waals surface area contributed by atoms with Crippen LogP contribution < -0.4 is 5.32 Å². The molecule has 0 atom stereocenters. The van der Waals surface area contributed by atoms with Crippen molar-refractivity contribution in [2.45, 2.75) is 13.0 Å². The summed E-state index contributed by atoms with van der Waals surface area (Å²) in [6.45, 7) is 1.20. The lowest BCUT2D eigenvalue weighted by Crippen LogP contribution is -2.16. The van der Waals surface area contributed by atoms with Crippen LogP contribution in [0.1, 0.15) is 11.1 Å². The fraction of sp³-hybridized carbons (Fsp3) is 0.308. The van der Waals surface area contributed by atoms with Crippen LogP contribution in [-0.4, -0.2) is 21.4 Å². The maximum atomic E-state index is 13.0. The molecule has 2 rings (SSSR count). The Morgan fingerprint density at radius 3 is 3.00 bits per heavy atom. The molecular formula is C13H16FN3O. The highest BCUT2D eigenvalue weighted by molar-refractivity contribution is 5.32. The number of phenolic OH excluding ortho intramolecular Hbond substituents is 1. The van der Waals surface area contributed by atoms with Crippen molar-refractivity contribution in [3.05, 3.63) is 47.5 Å². The molecule has 0 bridgehead atoms. The molecule has 0 aliphatic carbocycles. The van der Waals surface area contributed by atoms with Crippen LogP contribution in [-0.2, 0) is 20.0 Å². The maximum Gasteiger partial charge on any atom is 0.123 e. The van der Waals surface area contributed by atoms with Crippen LogP contribution in [0.5, 0.6) is 5.75 Å². The molecule has 0 fully saturated rings. The van der Waals surface area contributed by atoms with Gasteiger partial charge in [-0.15, -0.1) is 0 Å². The highest BCUT2D eigenvalue weighted by atomic mass is 19.1. The number of aromatic nitrogens is 2. The van der Waals surface area contributed by atoms with Gasteiger partial charge in [-0.3, -0.25) is 4.68 Å². The second kappa shape index (κ2) is 5.64. The van der Waals surface area contributed by atoms with Gasteiger partial charge in [-0.25, -0.2) is 4.39 Å². The van der Waals surface area contributed by atoms with E-state index in [-0.39, 0.29) is 11.6 Å². The van der Waals surface area contributed by atoms with Gasteiger partial charge in [-0.2, -0.15) is 5.10 Å². The Morgan fingerprint density at radius 1 is 1.44 bits per heavy atom. The quantitative estimate of drug-likeness (QED) is 0.791. The van der Waals surface area contributed by atoms with Crippen molar-refractivity contribution in [3.8, 4) is 5.75 Å². The van der Waals surface area contributed by atoms with Crippen molar-refractivity contribution in [3.63, 3.8) is 0 Å². The number of rotatable bonds is 5. The Bertz CT molecular complexity index is 525. The van der Waals surface area contributed by atoms with E-state index in [2.05, 4.69) is 10.4 Å². The Hall–Kier alpha value is -1.88. The molecule has 0 amide bonds. The van der Waals surface area contributed by atoms with E-state index in [1.54, 1.807) is 4.68 Å². The third-order valence-electron chi connectivity index (χ3n) is 2.71. The van der Waals surface area contributed by atoms with Gasteiger partial charge in [0.05, 0.1) is 6.20 Å². The number of aromatic hydroxyl groups is 1. The van der Waals surface area contributed by atoms with Crippen LogP contribution in [0.3, 0.4) is 0 Å². The summed E-state index contributed by atoms with van der Waals surface area (Å²) < 4.78 is 14.7. The van der Waals surface area contributed by atoms with Crippen molar-refractivity contribution in [1.82, 2.24) is 15.1 Å². The van der Waals surface area contributed by atoms with Crippen molar-refractivity contribution in [1.29, 1.82) is 0 Å². The van der Waals surface area contributed by atoms with E-state index < -0.39 is 0 Å². The van der Waals surface area contributed by atoms with E-state index in [9.17, 15) is 9.50 Å². The van der Waals surface area contributed by atoms with E-state index in [1.165, 1.54) is 18.2 Å². The predicted octanol–water partition coefficient (Wildman–Crippen LogP) is 1.60. The van der Waals surface area contributed by atoms with Crippen LogP contribution >= 0.6 is 0 Å². The summed E-state index contributed by atoms with van der Waals surface area (Å²) in [7, 11) is 1.88. The number of benzene rings is 1. The molecule has 0 aliphatic rings. The molecule has 1 heterocycles. The van der Waals surface area contributed by atoms with Crippen molar-refractivity contribution >= 4 is 0 Å². The van der Waals surface area contributed by atoms with Crippen LogP contribution in [0.4, 0.5) is 4.39 Å². The monoisotopic (exact) mass is 249 g/mol. The van der Waals surface area contributed by atoms with Gasteiger partial charge in [0.25, 0.3) is 0 Å². The minimum absolute atomic E-state index is 0.116. The first-order valence-electron chi connectivity index (χ1n) is 5.81. The molecule has 5 heteroatoms. The molecule has 2 N–H and O–H groups in total. The largest absolute Gasteiger partial charge is 0.508 e. The van der Waals surface area contributed by atoms with Gasteiger partial charge in [0, 0.05) is 25.4 Å². The van der Waals surface area contributed by atoms with Crippen molar-refractivity contribution in [2.75, 3.05) is 6.54 Å². The zero-order valence-corrected chi connectivity index (χ0v) is 10.2. The lowest BCUT2D eigenvalue weighted by molar-refractivity contribution is 0.461. The fourth-order valence-corrected chi connectivity index (χ4v) is 1.75. The summed E-state index contributed by atoms with van der Waals surface area (Å²) in [5.41, 5.74) is 1.72. The first kappa shape index (κ1) is 12.6. The molecule has 96 valence electrons. The average molecular weight is 249 g/mol. The first-order valence-corrected chi connectivity index (χ1v) is 5.81. The van der Waals surface area contributed by atoms with E-state index in [4.69, 9.17) is 0 Å². The third kappa shape index (κ3) is 3.30. The molecule has 1 aromatic heterocycles. The summed E-state index contributed by atoms with van der Waals surface area (Å²) >= 11 is 0. The van der Waals surface area contributed by atoms with E-state index >= 15 is 0 Å². The van der Waals surface area contributed by atoms with Crippen LogP contribution in [0.2, 0.25) is 0 Å². The van der Waals surface area contributed by atoms with Crippen LogP contribution in [0.25, 0.3) is 0 Å². The van der Waals surface area contributed by atoms with Gasteiger partial charge >= 0.3 is 0 Å². The second-order valence-electron chi connectivity index (χ2n) is 4.22. The number of nitrogens with one attached hydrogen (secondary N) is 1. The summed E-state index contributed by atoms with van der Waals surface area (Å²) in [5.74, 6) is -0.220. The lowest BCUT2D eigenvalue weighted by Gasteiger charge is -2.06. The van der Waals surface area contributed by atoms with Crippen LogP contribution in [0, 0.1) is 5.82 Å². The highest BCUT2D eigenvalue weighted by Gasteiger charge is 2.02. The molecule has 0 saturated carbocycles. The number of hydrogen-bond acceptors (Lipinski definition) is 3. The number of nitrogens with zero attached hydrogens (tertiary/aromatic N) is 2. The Kier molecular flexibility index (Phi) is 3.94. The SMILES string of the molecule is Cn1cc(CCNCc2cc(F)ccc2O)cn1. The molecule has 0 unspecified atom stereocenters. The standard InChI is InChI=1S/C13H16FN3O/c1-17-9-10(7-16-17)4-5-15-8-11-6-12(14)2-3-13(11)18/h2-3,6-7,9,15,18H,4-5,8H2,1H3. The fourth-order valence-electron chi connectivity index (χ4n) is 1.75. The third-order valence-corrected chi connectivity index (χ3v) is 2.71. The van der Waals surface area contributed by atoms with E-state index in [1.807, 2.05) is 19.4 Å². The molecule has 18 heavy (non-hydrogen) atoms. The number of hydrogen-bond donors (Lipinski definition) is 2. The molecule has 0 aliphatic heterocycles. The zero-order valence-electron chi connectivity index (χ0n) is 10.2. The molecule has 1 aromatic carbocycles. The first-order chi connectivity index (χ1) is 8.65. The molecular weight excluding hydrogens is 233 g/mol. The van der Waals surface area contributed by atoms with Gasteiger partial charge in [-0.05, 0) is 36.7 Å². The lowest BCUT2D eigenvalue weighted by atomic mass is 10.2. The van der Waals surface area contributed by atoms with Gasteiger partial charge in [0.2, 0.25) is 0 Å². The Labute approximate surface area is 105 Å². The molecule has 0 spiro atoms. The summed E-state index contributed by atoms with van der Waals surface area (Å²) in [6.07, 6.45) is 4.63. The smallest absolute Gasteiger partial charge is 0.123 e. The number of phenols is 1. The van der Waals surface area contributed by atoms with Gasteiger partial charge in [0.1, 0.15) is 11.6 Å². The number of aryl methyl sites for hydroxylation is 1. The van der Waals surface area contributed by atoms with Gasteiger partial charge in [0.15, 0.2) is 0 Å². The summed E-state index contributed by atoms with van der Waals surface area (Å²) in [6, 6.07) is 3.95. The minimum Gasteiger partial charge on any atom is -0.508 e. The molecule has 0 saturated heterocycles. The predicted molar refractivity (Wildman–Crippen MR) is 66.7 cm³/mol. The van der Waals surface area contributed by atoms with Gasteiger partial charge < -0.3 is 10.4 Å². The summed E-state index contributed by atoms with van der Waals surface area (Å²) in [5, 5.41) is 16.8. The van der Waals surface area contributed by atoms with E-state index in [0.717, 1.165) is 18.5 Å². The topological polar surface area (TPSA) is 50.1 Å². The zero-order chi connectivity index (χ0) is 13.0.